The topological polar surface area (TPSA) is 61.8 Å². The third kappa shape index (κ3) is 9.93. The van der Waals surface area contributed by atoms with Crippen LogP contribution in [0.2, 0.25) is 0 Å². The first-order valence-electron chi connectivity index (χ1n) is 10.6. The molecule has 0 N–H and O–H groups in total. The Hall–Kier alpha value is -1.88. The van der Waals surface area contributed by atoms with Gasteiger partial charge in [0.1, 0.15) is 6.61 Å². The second-order valence-corrected chi connectivity index (χ2v) is 8.85. The van der Waals surface area contributed by atoms with Gasteiger partial charge in [0, 0.05) is 13.2 Å². The third-order valence-electron chi connectivity index (χ3n) is 5.18. The molecule has 0 aromatic heterocycles. The average Bonchev–Trinajstić information content (AvgIpc) is 2.70. The van der Waals surface area contributed by atoms with Crippen LogP contribution in [0.1, 0.15) is 71.8 Å². The van der Waals surface area contributed by atoms with Gasteiger partial charge in [-0.1, -0.05) is 43.2 Å². The van der Waals surface area contributed by atoms with Gasteiger partial charge in [0.05, 0.1) is 17.9 Å². The second kappa shape index (κ2) is 12.6. The van der Waals surface area contributed by atoms with Gasteiger partial charge >= 0.3 is 11.9 Å². The van der Waals surface area contributed by atoms with Gasteiger partial charge in [0.25, 0.3) is 0 Å². The van der Waals surface area contributed by atoms with E-state index in [1.54, 1.807) is 0 Å². The summed E-state index contributed by atoms with van der Waals surface area (Å²) in [6, 6.07) is 9.73. The fourth-order valence-electron chi connectivity index (χ4n) is 3.04. The van der Waals surface area contributed by atoms with Crippen LogP contribution in [-0.4, -0.2) is 32.3 Å². The van der Waals surface area contributed by atoms with Gasteiger partial charge < -0.3 is 14.2 Å². The summed E-state index contributed by atoms with van der Waals surface area (Å²) in [4.78, 5) is 24.0. The van der Waals surface area contributed by atoms with E-state index >= 15 is 0 Å². The summed E-state index contributed by atoms with van der Waals surface area (Å²) >= 11 is 0. The second-order valence-electron chi connectivity index (χ2n) is 8.85. The van der Waals surface area contributed by atoms with E-state index in [2.05, 4.69) is 0 Å². The Kier molecular flexibility index (Phi) is 11.0. The first-order chi connectivity index (χ1) is 13.7. The lowest BCUT2D eigenvalue weighted by atomic mass is 9.87. The van der Waals surface area contributed by atoms with E-state index in [0.717, 1.165) is 44.1 Å². The predicted molar refractivity (Wildman–Crippen MR) is 114 cm³/mol. The zero-order valence-electron chi connectivity index (χ0n) is 18.8. The molecule has 0 saturated heterocycles. The van der Waals surface area contributed by atoms with E-state index in [1.165, 1.54) is 7.11 Å². The molecule has 0 atom stereocenters. The molecule has 1 rings (SSSR count). The number of carbonyl (C=O) groups is 2. The Morgan fingerprint density at radius 2 is 1.31 bits per heavy atom. The van der Waals surface area contributed by atoms with Crippen molar-refractivity contribution >= 4 is 11.9 Å². The molecule has 0 heterocycles. The third-order valence-corrected chi connectivity index (χ3v) is 5.18. The van der Waals surface area contributed by atoms with Gasteiger partial charge in [-0.2, -0.15) is 0 Å². The minimum Gasteiger partial charge on any atom is -0.469 e. The molecule has 0 radical (unpaired) electrons. The number of ether oxygens (including phenoxy) is 3. The summed E-state index contributed by atoms with van der Waals surface area (Å²) in [5.74, 6) is -0.321. The maximum Gasteiger partial charge on any atom is 0.311 e. The molecule has 0 bridgehead atoms. The van der Waals surface area contributed by atoms with Gasteiger partial charge in [-0.3, -0.25) is 9.59 Å². The van der Waals surface area contributed by atoms with Crippen LogP contribution in [0.15, 0.2) is 30.3 Å². The van der Waals surface area contributed by atoms with Crippen LogP contribution >= 0.6 is 0 Å². The molecule has 29 heavy (non-hydrogen) atoms. The Morgan fingerprint density at radius 1 is 0.793 bits per heavy atom. The van der Waals surface area contributed by atoms with Crippen molar-refractivity contribution in [2.24, 2.45) is 10.8 Å². The van der Waals surface area contributed by atoms with Gasteiger partial charge in [-0.25, -0.2) is 0 Å². The molecule has 0 aliphatic carbocycles. The maximum atomic E-state index is 12.3. The normalized spacial score (nSPS) is 11.9. The van der Waals surface area contributed by atoms with E-state index < -0.39 is 10.8 Å². The van der Waals surface area contributed by atoms with Crippen LogP contribution in [0, 0.1) is 10.8 Å². The highest BCUT2D eigenvalue weighted by atomic mass is 16.5. The summed E-state index contributed by atoms with van der Waals surface area (Å²) in [6.45, 7) is 9.39. The van der Waals surface area contributed by atoms with Crippen molar-refractivity contribution < 1.29 is 23.8 Å². The highest BCUT2D eigenvalue weighted by molar-refractivity contribution is 5.76. The molecule has 0 aliphatic heterocycles. The van der Waals surface area contributed by atoms with Crippen LogP contribution in [0.5, 0.6) is 0 Å². The molecule has 5 nitrogen and oxygen atoms in total. The van der Waals surface area contributed by atoms with Crippen LogP contribution in [0.3, 0.4) is 0 Å². The largest absolute Gasteiger partial charge is 0.469 e. The summed E-state index contributed by atoms with van der Waals surface area (Å²) in [5.41, 5.74) is 0.0731. The van der Waals surface area contributed by atoms with Crippen molar-refractivity contribution in [3.8, 4) is 0 Å². The van der Waals surface area contributed by atoms with Gasteiger partial charge in [-0.05, 0) is 58.9 Å². The summed E-state index contributed by atoms with van der Waals surface area (Å²) in [6.07, 6.45) is 5.27. The molecular weight excluding hydrogens is 368 g/mol. The summed E-state index contributed by atoms with van der Waals surface area (Å²) in [7, 11) is 1.43. The van der Waals surface area contributed by atoms with E-state index in [4.69, 9.17) is 14.2 Å². The summed E-state index contributed by atoms with van der Waals surface area (Å²) < 4.78 is 16.0. The van der Waals surface area contributed by atoms with Crippen molar-refractivity contribution in [2.45, 2.75) is 72.8 Å². The smallest absolute Gasteiger partial charge is 0.311 e. The fraction of sp³-hybridized carbons (Fsp3) is 0.667. The Labute approximate surface area is 176 Å². The first kappa shape index (κ1) is 25.2. The molecule has 0 saturated carbocycles. The lowest BCUT2D eigenvalue weighted by molar-refractivity contribution is -0.156. The number of hydrogen-bond donors (Lipinski definition) is 0. The Balaban J connectivity index is 2.09. The number of rotatable bonds is 14. The minimum atomic E-state index is -0.492. The standard InChI is InChI=1S/C24H38O5/c1-23(2,21(25)27-5)15-9-11-17-28-18-12-10-16-24(3,4)22(26)29-19-20-13-7-6-8-14-20/h6-8,13-14H,9-12,15-19H2,1-5H3. The molecule has 0 aliphatic rings. The number of benzene rings is 1. The van der Waals surface area contributed by atoms with Crippen LogP contribution < -0.4 is 0 Å². The zero-order valence-corrected chi connectivity index (χ0v) is 18.8. The highest BCUT2D eigenvalue weighted by Crippen LogP contribution is 2.26. The zero-order chi connectivity index (χ0) is 21.8. The first-order valence-corrected chi connectivity index (χ1v) is 10.6. The van der Waals surface area contributed by atoms with Gasteiger partial charge in [0.2, 0.25) is 0 Å². The lowest BCUT2D eigenvalue weighted by Crippen LogP contribution is -2.26. The fourth-order valence-corrected chi connectivity index (χ4v) is 3.04. The monoisotopic (exact) mass is 406 g/mol. The average molecular weight is 407 g/mol. The van der Waals surface area contributed by atoms with Crippen molar-refractivity contribution in [1.29, 1.82) is 0 Å². The molecule has 1 aromatic rings. The Bertz CT molecular complexity index is 607. The number of carbonyl (C=O) groups excluding carboxylic acids is 2. The van der Waals surface area contributed by atoms with Crippen LogP contribution in [0.4, 0.5) is 0 Å². The Morgan fingerprint density at radius 3 is 1.83 bits per heavy atom. The van der Waals surface area contributed by atoms with Gasteiger partial charge in [-0.15, -0.1) is 0 Å². The van der Waals surface area contributed by atoms with Crippen LogP contribution in [0.25, 0.3) is 0 Å². The van der Waals surface area contributed by atoms with E-state index in [-0.39, 0.29) is 11.9 Å². The quantitative estimate of drug-likeness (QED) is 0.309. The number of esters is 2. The molecule has 0 amide bonds. The molecular formula is C24H38O5. The van der Waals surface area contributed by atoms with Crippen molar-refractivity contribution in [3.63, 3.8) is 0 Å². The van der Waals surface area contributed by atoms with Crippen molar-refractivity contribution in [3.05, 3.63) is 35.9 Å². The summed E-state index contributed by atoms with van der Waals surface area (Å²) in [5, 5.41) is 0. The molecule has 164 valence electrons. The molecule has 5 heteroatoms. The van der Waals surface area contributed by atoms with Crippen molar-refractivity contribution in [1.82, 2.24) is 0 Å². The van der Waals surface area contributed by atoms with E-state index in [9.17, 15) is 9.59 Å². The molecule has 0 unspecified atom stereocenters. The SMILES string of the molecule is COC(=O)C(C)(C)CCCCOCCCCC(C)(C)C(=O)OCc1ccccc1. The minimum absolute atomic E-state index is 0.157. The lowest BCUT2D eigenvalue weighted by Gasteiger charge is -2.22. The number of unbranched alkanes of at least 4 members (excludes halogenated alkanes) is 2. The number of hydrogen-bond acceptors (Lipinski definition) is 5. The predicted octanol–water partition coefficient (Wildman–Crippen LogP) is 5.31. The van der Waals surface area contributed by atoms with E-state index in [1.807, 2.05) is 58.0 Å². The maximum absolute atomic E-state index is 12.3. The van der Waals surface area contributed by atoms with Gasteiger partial charge in [0.15, 0.2) is 0 Å². The van der Waals surface area contributed by atoms with Crippen molar-refractivity contribution in [2.75, 3.05) is 20.3 Å². The molecule has 0 fully saturated rings. The van der Waals surface area contributed by atoms with E-state index in [0.29, 0.717) is 19.8 Å². The molecule has 1 aromatic carbocycles. The molecule has 0 spiro atoms. The highest BCUT2D eigenvalue weighted by Gasteiger charge is 2.29. The van der Waals surface area contributed by atoms with Crippen LogP contribution in [-0.2, 0) is 30.4 Å². The number of methoxy groups -OCH3 is 1.